The van der Waals surface area contributed by atoms with E-state index in [0.717, 1.165) is 5.56 Å². The second kappa shape index (κ2) is 11.5. The van der Waals surface area contributed by atoms with E-state index in [4.69, 9.17) is 18.9 Å². The molecule has 43 heavy (non-hydrogen) atoms. The minimum absolute atomic E-state index is 0.0631. The lowest BCUT2D eigenvalue weighted by Gasteiger charge is -2.37. The summed E-state index contributed by atoms with van der Waals surface area (Å²) in [6.07, 6.45) is -3.01. The molecule has 2 fully saturated rings. The summed E-state index contributed by atoms with van der Waals surface area (Å²) >= 11 is 0. The van der Waals surface area contributed by atoms with Crippen LogP contribution >= 0.6 is 0 Å². The van der Waals surface area contributed by atoms with Gasteiger partial charge in [0, 0.05) is 19.3 Å². The van der Waals surface area contributed by atoms with Crippen molar-refractivity contribution in [2.45, 2.75) is 89.5 Å². The SMILES string of the molecule is CC(C)(C)OC(=O)N1CCc2cc(C(=O)NC[C@H]3OC[C@H](Nc4cncc(C(F)(F)F)n4)[C@H]4OC(C)(C)O[C@H]43)cnc2C1. The van der Waals surface area contributed by atoms with Crippen molar-refractivity contribution in [2.24, 2.45) is 0 Å². The molecular formula is C28H35F3N6O6. The lowest BCUT2D eigenvalue weighted by molar-refractivity contribution is -0.153. The molecule has 3 aliphatic heterocycles. The molecule has 5 rings (SSSR count). The molecule has 15 heteroatoms. The van der Waals surface area contributed by atoms with Crippen LogP contribution in [0.2, 0.25) is 0 Å². The van der Waals surface area contributed by atoms with Gasteiger partial charge in [0.15, 0.2) is 11.5 Å². The van der Waals surface area contributed by atoms with Crippen molar-refractivity contribution in [1.29, 1.82) is 0 Å². The van der Waals surface area contributed by atoms with Crippen LogP contribution in [0.1, 0.15) is 61.9 Å². The number of amides is 2. The van der Waals surface area contributed by atoms with Gasteiger partial charge in [0.2, 0.25) is 0 Å². The van der Waals surface area contributed by atoms with Crippen molar-refractivity contribution in [3.05, 3.63) is 47.2 Å². The Labute approximate surface area is 246 Å². The van der Waals surface area contributed by atoms with Gasteiger partial charge in [-0.2, -0.15) is 13.2 Å². The zero-order valence-electron chi connectivity index (χ0n) is 24.5. The number of rotatable bonds is 5. The molecule has 4 atom stereocenters. The Hall–Kier alpha value is -3.56. The highest BCUT2D eigenvalue weighted by atomic mass is 19.4. The predicted molar refractivity (Wildman–Crippen MR) is 145 cm³/mol. The first-order chi connectivity index (χ1) is 20.1. The highest BCUT2D eigenvalue weighted by Gasteiger charge is 2.52. The molecular weight excluding hydrogens is 573 g/mol. The fourth-order valence-corrected chi connectivity index (χ4v) is 5.21. The highest BCUT2D eigenvalue weighted by Crippen LogP contribution is 2.36. The molecule has 0 unspecified atom stereocenters. The number of alkyl halides is 3. The molecule has 5 heterocycles. The molecule has 234 valence electrons. The minimum Gasteiger partial charge on any atom is -0.444 e. The van der Waals surface area contributed by atoms with E-state index in [-0.39, 0.29) is 24.9 Å². The van der Waals surface area contributed by atoms with Crippen LogP contribution in [0.3, 0.4) is 0 Å². The van der Waals surface area contributed by atoms with Gasteiger partial charge in [-0.15, -0.1) is 0 Å². The third kappa shape index (κ3) is 7.33. The number of aromatic nitrogens is 3. The third-order valence-electron chi connectivity index (χ3n) is 7.10. The molecule has 0 saturated carbocycles. The molecule has 0 aliphatic carbocycles. The van der Waals surface area contributed by atoms with Gasteiger partial charge < -0.3 is 34.5 Å². The van der Waals surface area contributed by atoms with Crippen LogP contribution in [-0.4, -0.2) is 87.3 Å². The summed E-state index contributed by atoms with van der Waals surface area (Å²) in [7, 11) is 0. The van der Waals surface area contributed by atoms with Crippen molar-refractivity contribution in [3.63, 3.8) is 0 Å². The fourth-order valence-electron chi connectivity index (χ4n) is 5.21. The normalized spacial score (nSPS) is 25.0. The van der Waals surface area contributed by atoms with Crippen LogP contribution in [0.15, 0.2) is 24.7 Å². The number of pyridine rings is 1. The summed E-state index contributed by atoms with van der Waals surface area (Å²) in [5.74, 6) is -1.42. The Morgan fingerprint density at radius 2 is 1.88 bits per heavy atom. The monoisotopic (exact) mass is 608 g/mol. The van der Waals surface area contributed by atoms with Gasteiger partial charge in [-0.1, -0.05) is 0 Å². The Morgan fingerprint density at radius 3 is 2.60 bits per heavy atom. The van der Waals surface area contributed by atoms with E-state index in [9.17, 15) is 22.8 Å². The summed E-state index contributed by atoms with van der Waals surface area (Å²) in [4.78, 5) is 38.8. The number of nitrogens with zero attached hydrogens (tertiary/aromatic N) is 4. The summed E-state index contributed by atoms with van der Waals surface area (Å²) in [5, 5.41) is 5.80. The van der Waals surface area contributed by atoms with Gasteiger partial charge in [0.1, 0.15) is 29.7 Å². The second-order valence-corrected chi connectivity index (χ2v) is 12.2. The van der Waals surface area contributed by atoms with E-state index in [1.165, 1.54) is 12.4 Å². The standard InChI is InChI=1S/C28H35F3N6O6/c1-26(2,3)43-25(39)37-7-6-15-8-16(9-33-17(15)13-37)24(38)34-10-19-23-22(41-27(4,5)42-23)18(14-40-19)35-21-12-32-11-20(36-21)28(29,30)31/h8-9,11-12,18-19,22-23H,6-7,10,13-14H2,1-5H3,(H,34,38)(H,35,36)/t18-,19+,22+,23-/m0/s1. The van der Waals surface area contributed by atoms with E-state index in [1.807, 2.05) is 20.8 Å². The van der Waals surface area contributed by atoms with Crippen LogP contribution in [0, 0.1) is 0 Å². The average Bonchev–Trinajstić information content (AvgIpc) is 3.26. The molecule has 2 amide bonds. The largest absolute Gasteiger partial charge is 0.444 e. The highest BCUT2D eigenvalue weighted by molar-refractivity contribution is 5.94. The van der Waals surface area contributed by atoms with Crippen molar-refractivity contribution < 1.29 is 41.7 Å². The zero-order valence-corrected chi connectivity index (χ0v) is 24.5. The zero-order chi connectivity index (χ0) is 31.2. The number of carbonyl (C=O) groups excluding carboxylic acids is 2. The molecule has 2 aromatic heterocycles. The van der Waals surface area contributed by atoms with Crippen LogP contribution < -0.4 is 10.6 Å². The lowest BCUT2D eigenvalue weighted by atomic mass is 9.97. The Bertz CT molecular complexity index is 1370. The molecule has 12 nitrogen and oxygen atoms in total. The minimum atomic E-state index is -4.64. The van der Waals surface area contributed by atoms with E-state index in [1.54, 1.807) is 24.8 Å². The third-order valence-corrected chi connectivity index (χ3v) is 7.10. The van der Waals surface area contributed by atoms with Crippen molar-refractivity contribution in [3.8, 4) is 0 Å². The number of hydrogen-bond donors (Lipinski definition) is 2. The van der Waals surface area contributed by atoms with Crippen LogP contribution in [-0.2, 0) is 38.1 Å². The number of carbonyl (C=O) groups is 2. The van der Waals surface area contributed by atoms with Crippen molar-refractivity contribution in [2.75, 3.05) is 25.0 Å². The molecule has 0 spiro atoms. The average molecular weight is 609 g/mol. The Morgan fingerprint density at radius 1 is 1.14 bits per heavy atom. The maximum atomic E-state index is 13.1. The van der Waals surface area contributed by atoms with Gasteiger partial charge in [-0.25, -0.2) is 9.78 Å². The van der Waals surface area contributed by atoms with Gasteiger partial charge in [0.05, 0.1) is 42.8 Å². The van der Waals surface area contributed by atoms with E-state index >= 15 is 0 Å². The number of fused-ring (bicyclic) bond motifs is 2. The van der Waals surface area contributed by atoms with Crippen LogP contribution in [0.5, 0.6) is 0 Å². The van der Waals surface area contributed by atoms with E-state index in [2.05, 4.69) is 25.6 Å². The number of halogens is 3. The molecule has 0 radical (unpaired) electrons. The molecule has 3 aliphatic rings. The van der Waals surface area contributed by atoms with Gasteiger partial charge >= 0.3 is 12.3 Å². The molecule has 2 N–H and O–H groups in total. The van der Waals surface area contributed by atoms with Crippen molar-refractivity contribution in [1.82, 2.24) is 25.2 Å². The van der Waals surface area contributed by atoms with Gasteiger partial charge in [0.25, 0.3) is 5.91 Å². The first-order valence-electron chi connectivity index (χ1n) is 13.9. The predicted octanol–water partition coefficient (Wildman–Crippen LogP) is 3.31. The van der Waals surface area contributed by atoms with E-state index < -0.39 is 53.7 Å². The molecule has 0 aromatic carbocycles. The Kier molecular flexibility index (Phi) is 8.26. The number of ether oxygens (including phenoxy) is 4. The number of nitrogens with one attached hydrogen (secondary N) is 2. The lowest BCUT2D eigenvalue weighted by Crippen LogP contribution is -2.57. The van der Waals surface area contributed by atoms with Crippen molar-refractivity contribution >= 4 is 17.8 Å². The van der Waals surface area contributed by atoms with Crippen LogP contribution in [0.4, 0.5) is 23.8 Å². The summed E-state index contributed by atoms with van der Waals surface area (Å²) in [6.45, 7) is 9.77. The topological polar surface area (TPSA) is 137 Å². The number of hydrogen-bond acceptors (Lipinski definition) is 10. The number of anilines is 1. The maximum Gasteiger partial charge on any atom is 0.434 e. The first-order valence-corrected chi connectivity index (χ1v) is 13.9. The summed E-state index contributed by atoms with van der Waals surface area (Å²) in [6, 6.07) is 1.18. The Balaban J connectivity index is 1.20. The van der Waals surface area contributed by atoms with Gasteiger partial charge in [-0.3, -0.25) is 14.8 Å². The summed E-state index contributed by atoms with van der Waals surface area (Å²) in [5.41, 5.74) is 0.224. The molecule has 2 saturated heterocycles. The molecule has 2 aromatic rings. The quantitative estimate of drug-likeness (QED) is 0.520. The summed E-state index contributed by atoms with van der Waals surface area (Å²) < 4.78 is 62.9. The maximum absolute atomic E-state index is 13.1. The second-order valence-electron chi connectivity index (χ2n) is 12.2. The van der Waals surface area contributed by atoms with E-state index in [0.29, 0.717) is 37.0 Å². The smallest absolute Gasteiger partial charge is 0.434 e. The fraction of sp³-hybridized carbons (Fsp3) is 0.607. The first kappa shape index (κ1) is 30.9. The molecule has 0 bridgehead atoms. The van der Waals surface area contributed by atoms with Crippen LogP contribution in [0.25, 0.3) is 0 Å². The van der Waals surface area contributed by atoms with Gasteiger partial charge in [-0.05, 0) is 52.7 Å².